The molecule has 0 aliphatic carbocycles. The Morgan fingerprint density at radius 1 is 1.06 bits per heavy atom. The molecule has 0 unspecified atom stereocenters. The second-order valence-electron chi connectivity index (χ2n) is 9.10. The van der Waals surface area contributed by atoms with Crippen LogP contribution in [0.5, 0.6) is 11.8 Å². The molecule has 0 spiro atoms. The van der Waals surface area contributed by atoms with Crippen LogP contribution in [0.2, 0.25) is 0 Å². The van der Waals surface area contributed by atoms with E-state index < -0.39 is 5.60 Å². The van der Waals surface area contributed by atoms with Crippen LogP contribution in [0.1, 0.15) is 39.2 Å². The van der Waals surface area contributed by atoms with Crippen molar-refractivity contribution in [2.75, 3.05) is 20.2 Å². The van der Waals surface area contributed by atoms with Crippen molar-refractivity contribution in [1.29, 1.82) is 0 Å². The number of rotatable bonds is 5. The molecule has 32 heavy (non-hydrogen) atoms. The lowest BCUT2D eigenvalue weighted by Gasteiger charge is -2.33. The number of fused-ring (bicyclic) bond motifs is 1. The number of imidazole rings is 1. The number of carbonyl (C=O) groups excluding carboxylic acids is 1. The van der Waals surface area contributed by atoms with Crippen molar-refractivity contribution < 1.29 is 19.0 Å². The maximum atomic E-state index is 12.3. The Kier molecular flexibility index (Phi) is 6.26. The first kappa shape index (κ1) is 22.0. The first-order valence-electron chi connectivity index (χ1n) is 11.1. The third-order valence-electron chi connectivity index (χ3n) is 5.49. The molecule has 0 radical (unpaired) electrons. The molecule has 1 aromatic heterocycles. The van der Waals surface area contributed by atoms with Crippen LogP contribution in [0.3, 0.4) is 0 Å². The van der Waals surface area contributed by atoms with Crippen molar-refractivity contribution in [3.05, 3.63) is 54.1 Å². The second kappa shape index (κ2) is 9.10. The van der Waals surface area contributed by atoms with Gasteiger partial charge in [-0.15, -0.1) is 0 Å². The number of methoxy groups -OCH3 is 1. The zero-order valence-corrected chi connectivity index (χ0v) is 19.2. The SMILES string of the molecule is COc1ccc(Cn2c(OC3CCN(C(=O)OC(C)(C)C)CC3)nc3ccccc32)cc1. The van der Waals surface area contributed by atoms with Crippen LogP contribution in [0.15, 0.2) is 48.5 Å². The third-order valence-corrected chi connectivity index (χ3v) is 5.49. The van der Waals surface area contributed by atoms with Gasteiger partial charge in [0.25, 0.3) is 6.01 Å². The first-order chi connectivity index (χ1) is 15.3. The molecule has 0 atom stereocenters. The van der Waals surface area contributed by atoms with Crippen molar-refractivity contribution >= 4 is 17.1 Å². The highest BCUT2D eigenvalue weighted by Crippen LogP contribution is 2.26. The standard InChI is InChI=1S/C25H31N3O4/c1-25(2,3)32-24(29)27-15-13-20(14-16-27)31-23-26-21-7-5-6-8-22(21)28(23)17-18-9-11-19(30-4)12-10-18/h5-12,20H,13-17H2,1-4H3. The minimum Gasteiger partial charge on any atom is -0.497 e. The Labute approximate surface area is 188 Å². The van der Waals surface area contributed by atoms with Gasteiger partial charge in [0, 0.05) is 25.9 Å². The minimum absolute atomic E-state index is 0.000108. The molecule has 7 nitrogen and oxygen atoms in total. The second-order valence-corrected chi connectivity index (χ2v) is 9.10. The number of likely N-dealkylation sites (tertiary alicyclic amines) is 1. The van der Waals surface area contributed by atoms with E-state index in [0.717, 1.165) is 35.2 Å². The lowest BCUT2D eigenvalue weighted by atomic mass is 10.1. The van der Waals surface area contributed by atoms with E-state index in [1.807, 2.05) is 51.1 Å². The summed E-state index contributed by atoms with van der Waals surface area (Å²) < 4.78 is 19.2. The molecule has 0 bridgehead atoms. The average molecular weight is 438 g/mol. The number of benzene rings is 2. The molecule has 1 aliphatic rings. The maximum absolute atomic E-state index is 12.3. The molecule has 7 heteroatoms. The van der Waals surface area contributed by atoms with E-state index in [9.17, 15) is 4.79 Å². The number of aromatic nitrogens is 2. The molecule has 2 heterocycles. The van der Waals surface area contributed by atoms with E-state index in [1.165, 1.54) is 0 Å². The normalized spacial score (nSPS) is 15.1. The fourth-order valence-corrected chi connectivity index (χ4v) is 3.84. The van der Waals surface area contributed by atoms with Crippen LogP contribution in [0, 0.1) is 0 Å². The van der Waals surface area contributed by atoms with Gasteiger partial charge in [0.05, 0.1) is 24.7 Å². The van der Waals surface area contributed by atoms with E-state index in [1.54, 1.807) is 12.0 Å². The molecule has 3 aromatic rings. The average Bonchev–Trinajstić information content (AvgIpc) is 3.10. The van der Waals surface area contributed by atoms with Gasteiger partial charge >= 0.3 is 6.09 Å². The van der Waals surface area contributed by atoms with Crippen LogP contribution >= 0.6 is 0 Å². The molecular formula is C25H31N3O4. The summed E-state index contributed by atoms with van der Waals surface area (Å²) in [7, 11) is 1.67. The summed E-state index contributed by atoms with van der Waals surface area (Å²) in [6, 6.07) is 16.7. The Morgan fingerprint density at radius 2 is 1.75 bits per heavy atom. The van der Waals surface area contributed by atoms with Gasteiger partial charge < -0.3 is 19.1 Å². The highest BCUT2D eigenvalue weighted by Gasteiger charge is 2.28. The minimum atomic E-state index is -0.489. The molecular weight excluding hydrogens is 406 g/mol. The van der Waals surface area contributed by atoms with Gasteiger partial charge in [0.1, 0.15) is 17.5 Å². The molecule has 4 rings (SSSR count). The van der Waals surface area contributed by atoms with Gasteiger partial charge in [0.2, 0.25) is 0 Å². The fourth-order valence-electron chi connectivity index (χ4n) is 3.84. The number of amides is 1. The highest BCUT2D eigenvalue weighted by atomic mass is 16.6. The number of piperidine rings is 1. The quantitative estimate of drug-likeness (QED) is 0.570. The summed E-state index contributed by atoms with van der Waals surface area (Å²) in [6.07, 6.45) is 1.22. The Hall–Kier alpha value is -3.22. The predicted octanol–water partition coefficient (Wildman–Crippen LogP) is 4.87. The summed E-state index contributed by atoms with van der Waals surface area (Å²) >= 11 is 0. The van der Waals surface area contributed by atoms with Crippen molar-refractivity contribution in [3.63, 3.8) is 0 Å². The molecule has 1 saturated heterocycles. The van der Waals surface area contributed by atoms with Crippen LogP contribution in [-0.2, 0) is 11.3 Å². The lowest BCUT2D eigenvalue weighted by molar-refractivity contribution is 0.0116. The fraction of sp³-hybridized carbons (Fsp3) is 0.440. The Morgan fingerprint density at radius 3 is 2.41 bits per heavy atom. The topological polar surface area (TPSA) is 65.8 Å². The number of ether oxygens (including phenoxy) is 3. The van der Waals surface area contributed by atoms with Gasteiger partial charge in [-0.05, 0) is 50.6 Å². The number of carbonyl (C=O) groups is 1. The monoisotopic (exact) mass is 437 g/mol. The summed E-state index contributed by atoms with van der Waals surface area (Å²) in [6.45, 7) is 7.52. The predicted molar refractivity (Wildman–Crippen MR) is 123 cm³/mol. The van der Waals surface area contributed by atoms with Gasteiger partial charge in [0.15, 0.2) is 0 Å². The Bertz CT molecular complexity index is 1060. The highest BCUT2D eigenvalue weighted by molar-refractivity contribution is 5.76. The van der Waals surface area contributed by atoms with Gasteiger partial charge in [-0.1, -0.05) is 24.3 Å². The van der Waals surface area contributed by atoms with E-state index in [2.05, 4.69) is 22.8 Å². The lowest BCUT2D eigenvalue weighted by Crippen LogP contribution is -2.44. The first-order valence-corrected chi connectivity index (χ1v) is 11.1. The van der Waals surface area contributed by atoms with Crippen molar-refractivity contribution in [2.45, 2.75) is 51.9 Å². The zero-order chi connectivity index (χ0) is 22.7. The molecule has 2 aromatic carbocycles. The van der Waals surface area contributed by atoms with Crippen LogP contribution < -0.4 is 9.47 Å². The smallest absolute Gasteiger partial charge is 0.410 e. The molecule has 0 saturated carbocycles. The largest absolute Gasteiger partial charge is 0.497 e. The Balaban J connectivity index is 1.47. The van der Waals surface area contributed by atoms with E-state index in [-0.39, 0.29) is 12.2 Å². The van der Waals surface area contributed by atoms with E-state index in [4.69, 9.17) is 19.2 Å². The maximum Gasteiger partial charge on any atom is 0.410 e. The summed E-state index contributed by atoms with van der Waals surface area (Å²) in [5.41, 5.74) is 2.58. The van der Waals surface area contributed by atoms with E-state index in [0.29, 0.717) is 25.6 Å². The molecule has 170 valence electrons. The summed E-state index contributed by atoms with van der Waals surface area (Å²) in [4.78, 5) is 18.8. The van der Waals surface area contributed by atoms with Gasteiger partial charge in [-0.25, -0.2) is 4.79 Å². The molecule has 1 amide bonds. The van der Waals surface area contributed by atoms with Crippen molar-refractivity contribution in [1.82, 2.24) is 14.5 Å². The van der Waals surface area contributed by atoms with Crippen molar-refractivity contribution in [2.24, 2.45) is 0 Å². The summed E-state index contributed by atoms with van der Waals surface area (Å²) in [5.74, 6) is 0.831. The number of hydrogen-bond acceptors (Lipinski definition) is 5. The number of hydrogen-bond donors (Lipinski definition) is 0. The van der Waals surface area contributed by atoms with E-state index >= 15 is 0 Å². The van der Waals surface area contributed by atoms with Crippen LogP contribution in [-0.4, -0.2) is 52.4 Å². The summed E-state index contributed by atoms with van der Waals surface area (Å²) in [5, 5.41) is 0. The molecule has 1 aliphatic heterocycles. The van der Waals surface area contributed by atoms with Gasteiger partial charge in [-0.3, -0.25) is 4.57 Å². The zero-order valence-electron chi connectivity index (χ0n) is 19.2. The molecule has 1 fully saturated rings. The third kappa shape index (κ3) is 5.15. The molecule has 0 N–H and O–H groups in total. The number of para-hydroxylation sites is 2. The van der Waals surface area contributed by atoms with Crippen LogP contribution in [0.4, 0.5) is 4.79 Å². The van der Waals surface area contributed by atoms with Crippen LogP contribution in [0.25, 0.3) is 11.0 Å². The van der Waals surface area contributed by atoms with Gasteiger partial charge in [-0.2, -0.15) is 4.98 Å². The number of nitrogens with zero attached hydrogens (tertiary/aromatic N) is 3. The van der Waals surface area contributed by atoms with Crippen molar-refractivity contribution in [3.8, 4) is 11.8 Å².